The number of methoxy groups -OCH3 is 1. The van der Waals surface area contributed by atoms with Gasteiger partial charge in [-0.1, -0.05) is 24.3 Å². The Bertz CT molecular complexity index is 732. The van der Waals surface area contributed by atoms with Gasteiger partial charge in [0.25, 0.3) is 0 Å². The second kappa shape index (κ2) is 10.1. The number of benzene rings is 2. The summed E-state index contributed by atoms with van der Waals surface area (Å²) in [6.45, 7) is 6.86. The first-order chi connectivity index (χ1) is 14.3. The average molecular weight is 394 g/mol. The highest BCUT2D eigenvalue weighted by atomic mass is 16.5. The monoisotopic (exact) mass is 393 g/mol. The van der Waals surface area contributed by atoms with Crippen molar-refractivity contribution in [2.75, 3.05) is 51.3 Å². The van der Waals surface area contributed by atoms with Crippen LogP contribution < -0.4 is 15.0 Å². The molecule has 2 fully saturated rings. The van der Waals surface area contributed by atoms with Crippen molar-refractivity contribution in [1.29, 1.82) is 0 Å². The fourth-order valence-corrected chi connectivity index (χ4v) is 4.68. The maximum atomic E-state index is 5.32. The molecule has 4 heteroatoms. The molecule has 2 aliphatic heterocycles. The number of hydrogen-bond acceptors (Lipinski definition) is 4. The van der Waals surface area contributed by atoms with Gasteiger partial charge in [0.2, 0.25) is 0 Å². The maximum Gasteiger partial charge on any atom is 0.118 e. The molecule has 1 unspecified atom stereocenters. The number of nitrogens with one attached hydrogen (secondary N) is 1. The third-order valence-electron chi connectivity index (χ3n) is 6.43. The van der Waals surface area contributed by atoms with Crippen molar-refractivity contribution in [2.24, 2.45) is 0 Å². The second-order valence-electron chi connectivity index (χ2n) is 8.41. The lowest BCUT2D eigenvalue weighted by molar-refractivity contribution is 0.170. The number of piperazine rings is 1. The Hall–Kier alpha value is -2.04. The maximum absolute atomic E-state index is 5.32. The third-order valence-corrected chi connectivity index (χ3v) is 6.43. The Morgan fingerprint density at radius 1 is 0.793 bits per heavy atom. The summed E-state index contributed by atoms with van der Waals surface area (Å²) in [5.41, 5.74) is 4.23. The first-order valence-corrected chi connectivity index (χ1v) is 11.2. The highest BCUT2D eigenvalue weighted by Crippen LogP contribution is 2.22. The molecule has 0 amide bonds. The van der Waals surface area contributed by atoms with E-state index in [4.69, 9.17) is 4.74 Å². The van der Waals surface area contributed by atoms with Gasteiger partial charge in [0, 0.05) is 51.0 Å². The topological polar surface area (TPSA) is 27.7 Å². The van der Waals surface area contributed by atoms with Gasteiger partial charge in [-0.25, -0.2) is 0 Å². The van der Waals surface area contributed by atoms with Crippen molar-refractivity contribution < 1.29 is 4.74 Å². The zero-order valence-electron chi connectivity index (χ0n) is 17.8. The van der Waals surface area contributed by atoms with Gasteiger partial charge in [0.05, 0.1) is 7.11 Å². The average Bonchev–Trinajstić information content (AvgIpc) is 2.81. The van der Waals surface area contributed by atoms with Gasteiger partial charge in [-0.05, 0) is 67.5 Å². The minimum Gasteiger partial charge on any atom is -0.497 e. The van der Waals surface area contributed by atoms with Crippen LogP contribution in [0.4, 0.5) is 5.69 Å². The van der Waals surface area contributed by atoms with Crippen LogP contribution in [0.3, 0.4) is 0 Å². The molecule has 0 radical (unpaired) electrons. The minimum absolute atomic E-state index is 0.534. The van der Waals surface area contributed by atoms with E-state index < -0.39 is 0 Å². The summed E-state index contributed by atoms with van der Waals surface area (Å²) in [6.07, 6.45) is 6.22. The van der Waals surface area contributed by atoms with E-state index in [9.17, 15) is 0 Å². The second-order valence-corrected chi connectivity index (χ2v) is 8.41. The number of nitrogens with zero attached hydrogens (tertiary/aromatic N) is 2. The fraction of sp³-hybridized carbons (Fsp3) is 0.520. The molecular formula is C25H35N3O. The third kappa shape index (κ3) is 5.52. The van der Waals surface area contributed by atoms with Gasteiger partial charge in [0.15, 0.2) is 0 Å². The molecule has 2 aromatic carbocycles. The van der Waals surface area contributed by atoms with Gasteiger partial charge in [0.1, 0.15) is 5.75 Å². The van der Waals surface area contributed by atoms with E-state index in [2.05, 4.69) is 63.6 Å². The molecule has 4 nitrogen and oxygen atoms in total. The first kappa shape index (κ1) is 20.2. The quantitative estimate of drug-likeness (QED) is 0.775. The SMILES string of the molecule is COc1ccc(CC(Cc2ccc(N3CCCCC3)cc2)N2CCNCC2)cc1. The van der Waals surface area contributed by atoms with E-state index in [0.717, 1.165) is 44.8 Å². The van der Waals surface area contributed by atoms with Crippen LogP contribution in [-0.4, -0.2) is 57.3 Å². The summed E-state index contributed by atoms with van der Waals surface area (Å²) in [7, 11) is 1.73. The lowest BCUT2D eigenvalue weighted by Gasteiger charge is -2.35. The molecule has 2 aliphatic rings. The molecule has 0 aliphatic carbocycles. The van der Waals surface area contributed by atoms with E-state index in [1.807, 2.05) is 0 Å². The Kier molecular flexibility index (Phi) is 7.07. The van der Waals surface area contributed by atoms with Crippen LogP contribution in [-0.2, 0) is 12.8 Å². The largest absolute Gasteiger partial charge is 0.497 e. The lowest BCUT2D eigenvalue weighted by Crippen LogP contribution is -2.49. The van der Waals surface area contributed by atoms with Crippen LogP contribution >= 0.6 is 0 Å². The summed E-state index contributed by atoms with van der Waals surface area (Å²) < 4.78 is 5.32. The number of piperidine rings is 1. The van der Waals surface area contributed by atoms with Crippen LogP contribution in [0.1, 0.15) is 30.4 Å². The highest BCUT2D eigenvalue weighted by Gasteiger charge is 2.21. The van der Waals surface area contributed by atoms with Crippen molar-refractivity contribution in [3.05, 3.63) is 59.7 Å². The van der Waals surface area contributed by atoms with Gasteiger partial charge in [-0.3, -0.25) is 4.90 Å². The van der Waals surface area contributed by atoms with Crippen molar-refractivity contribution >= 4 is 5.69 Å². The molecule has 4 rings (SSSR count). The van der Waals surface area contributed by atoms with Crippen molar-refractivity contribution in [1.82, 2.24) is 10.2 Å². The molecule has 156 valence electrons. The summed E-state index contributed by atoms with van der Waals surface area (Å²) in [5.74, 6) is 0.931. The Morgan fingerprint density at radius 2 is 1.38 bits per heavy atom. The Balaban J connectivity index is 1.45. The Labute approximate surface area is 175 Å². The lowest BCUT2D eigenvalue weighted by atomic mass is 9.96. The highest BCUT2D eigenvalue weighted by molar-refractivity contribution is 5.48. The van der Waals surface area contributed by atoms with Crippen LogP contribution in [0, 0.1) is 0 Å². The molecule has 1 N–H and O–H groups in total. The Morgan fingerprint density at radius 3 is 1.97 bits per heavy atom. The zero-order chi connectivity index (χ0) is 19.9. The first-order valence-electron chi connectivity index (χ1n) is 11.2. The number of ether oxygens (including phenoxy) is 1. The predicted octanol–water partition coefficient (Wildman–Crippen LogP) is 3.74. The normalized spacial score (nSPS) is 19.1. The zero-order valence-corrected chi connectivity index (χ0v) is 17.8. The minimum atomic E-state index is 0.534. The van der Waals surface area contributed by atoms with Gasteiger partial charge in [-0.2, -0.15) is 0 Å². The molecule has 29 heavy (non-hydrogen) atoms. The van der Waals surface area contributed by atoms with Crippen LogP contribution in [0.5, 0.6) is 5.75 Å². The summed E-state index contributed by atoms with van der Waals surface area (Å²) >= 11 is 0. The van der Waals surface area contributed by atoms with Gasteiger partial charge in [-0.15, -0.1) is 0 Å². The number of anilines is 1. The van der Waals surface area contributed by atoms with E-state index in [1.165, 1.54) is 49.2 Å². The van der Waals surface area contributed by atoms with Crippen molar-refractivity contribution in [3.63, 3.8) is 0 Å². The van der Waals surface area contributed by atoms with Crippen LogP contribution in [0.25, 0.3) is 0 Å². The molecule has 0 spiro atoms. The predicted molar refractivity (Wildman–Crippen MR) is 121 cm³/mol. The van der Waals surface area contributed by atoms with E-state index in [-0.39, 0.29) is 0 Å². The summed E-state index contributed by atoms with van der Waals surface area (Å²) in [5, 5.41) is 3.49. The van der Waals surface area contributed by atoms with Crippen molar-refractivity contribution in [3.8, 4) is 5.75 Å². The van der Waals surface area contributed by atoms with E-state index in [0.29, 0.717) is 6.04 Å². The summed E-state index contributed by atoms with van der Waals surface area (Å²) in [6, 6.07) is 18.5. The molecule has 2 saturated heterocycles. The van der Waals surface area contributed by atoms with Gasteiger partial charge >= 0.3 is 0 Å². The molecule has 1 atom stereocenters. The molecule has 2 aromatic rings. The number of rotatable bonds is 7. The molecule has 0 bridgehead atoms. The standard InChI is InChI=1S/C25H35N3O/c1-29-25-11-7-22(8-12-25)20-24(28-17-13-26-14-18-28)19-21-5-9-23(10-6-21)27-15-3-2-4-16-27/h5-12,24,26H,2-4,13-20H2,1H3. The smallest absolute Gasteiger partial charge is 0.118 e. The molecule has 0 saturated carbocycles. The molecule has 0 aromatic heterocycles. The van der Waals surface area contributed by atoms with Crippen LogP contribution in [0.15, 0.2) is 48.5 Å². The summed E-state index contributed by atoms with van der Waals surface area (Å²) in [4.78, 5) is 5.21. The number of hydrogen-bond donors (Lipinski definition) is 1. The molecular weight excluding hydrogens is 358 g/mol. The van der Waals surface area contributed by atoms with E-state index in [1.54, 1.807) is 7.11 Å². The van der Waals surface area contributed by atoms with Crippen LogP contribution in [0.2, 0.25) is 0 Å². The van der Waals surface area contributed by atoms with Crippen molar-refractivity contribution in [2.45, 2.75) is 38.1 Å². The molecule has 2 heterocycles. The van der Waals surface area contributed by atoms with Gasteiger partial charge < -0.3 is 15.0 Å². The fourth-order valence-electron chi connectivity index (χ4n) is 4.68. The van der Waals surface area contributed by atoms with E-state index >= 15 is 0 Å².